The molecule has 0 aliphatic carbocycles. The minimum absolute atomic E-state index is 0.232. The van der Waals surface area contributed by atoms with Gasteiger partial charge in [-0.3, -0.25) is 9.59 Å². The van der Waals surface area contributed by atoms with Crippen LogP contribution in [-0.4, -0.2) is 21.7 Å². The van der Waals surface area contributed by atoms with Crippen LogP contribution in [0.25, 0.3) is 0 Å². The van der Waals surface area contributed by atoms with E-state index in [4.69, 9.17) is 11.6 Å². The second-order valence-corrected chi connectivity index (χ2v) is 5.74. The summed E-state index contributed by atoms with van der Waals surface area (Å²) in [5, 5.41) is 1.50. The van der Waals surface area contributed by atoms with Gasteiger partial charge < -0.3 is 0 Å². The maximum absolute atomic E-state index is 11.4. The summed E-state index contributed by atoms with van der Waals surface area (Å²) in [6.45, 7) is 0. The van der Waals surface area contributed by atoms with E-state index in [1.807, 2.05) is 30.3 Å². The second kappa shape index (κ2) is 12.8. The number of carbonyl (C=O) groups excluding carboxylic acids is 2. The third-order valence-electron chi connectivity index (χ3n) is 2.14. The van der Waals surface area contributed by atoms with Gasteiger partial charge in [-0.05, 0) is 24.4 Å². The zero-order valence-electron chi connectivity index (χ0n) is 10.6. The Bertz CT molecular complexity index is 369. The van der Waals surface area contributed by atoms with Gasteiger partial charge >= 0.3 is 0 Å². The highest BCUT2D eigenvalue weighted by Gasteiger charge is 2.02. The molecule has 0 saturated heterocycles. The van der Waals surface area contributed by atoms with Crippen LogP contribution in [0.4, 0.5) is 0 Å². The number of carbonyl (C=O) groups is 2. The normalized spacial score (nSPS) is 9.42. The summed E-state index contributed by atoms with van der Waals surface area (Å²) in [6.07, 6.45) is 2.86. The number of alkyl halides is 2. The summed E-state index contributed by atoms with van der Waals surface area (Å²) < 4.78 is 0. The van der Waals surface area contributed by atoms with Crippen molar-refractivity contribution >= 4 is 54.5 Å². The molecule has 0 saturated carbocycles. The Morgan fingerprint density at radius 3 is 1.89 bits per heavy atom. The van der Waals surface area contributed by atoms with Crippen LogP contribution in [0.1, 0.15) is 36.0 Å². The standard InChI is InChI=1S/C10H11BrO.C4H6BrClO/c11-8-4-7-10(12)9-5-2-1-3-6-9;5-3-1-2-4(6)7/h1-3,5-6H,4,7-8H2;1-3H2. The zero-order valence-corrected chi connectivity index (χ0v) is 14.5. The minimum atomic E-state index is -0.251. The minimum Gasteiger partial charge on any atom is -0.294 e. The Hall–Kier alpha value is -0.190. The number of benzene rings is 1. The molecule has 0 bridgehead atoms. The first kappa shape index (κ1) is 18.8. The smallest absolute Gasteiger partial charge is 0.221 e. The molecule has 0 unspecified atom stereocenters. The fourth-order valence-corrected chi connectivity index (χ4v) is 1.90. The van der Waals surface area contributed by atoms with Gasteiger partial charge in [0.2, 0.25) is 5.24 Å². The molecule has 1 aromatic rings. The molecular formula is C14H17Br2ClO2. The van der Waals surface area contributed by atoms with E-state index in [0.717, 1.165) is 29.1 Å². The average molecular weight is 413 g/mol. The topological polar surface area (TPSA) is 34.1 Å². The molecule has 0 aromatic heterocycles. The summed E-state index contributed by atoms with van der Waals surface area (Å²) in [4.78, 5) is 21.3. The lowest BCUT2D eigenvalue weighted by atomic mass is 10.1. The molecule has 0 radical (unpaired) electrons. The SMILES string of the molecule is O=C(CCCBr)c1ccccc1.O=C(Cl)CCCBr. The monoisotopic (exact) mass is 410 g/mol. The number of Topliss-reactive ketones (excluding diaryl/α,β-unsaturated/α-hetero) is 1. The summed E-state index contributed by atoms with van der Waals surface area (Å²) in [5.41, 5.74) is 0.818. The predicted octanol–water partition coefficient (Wildman–Crippen LogP) is 4.97. The van der Waals surface area contributed by atoms with Crippen molar-refractivity contribution in [1.29, 1.82) is 0 Å². The number of rotatable bonds is 7. The van der Waals surface area contributed by atoms with Crippen molar-refractivity contribution in [2.75, 3.05) is 10.7 Å². The van der Waals surface area contributed by atoms with E-state index in [1.165, 1.54) is 0 Å². The van der Waals surface area contributed by atoms with Crippen LogP contribution in [0.3, 0.4) is 0 Å². The van der Waals surface area contributed by atoms with E-state index < -0.39 is 0 Å². The number of ketones is 1. The van der Waals surface area contributed by atoms with Gasteiger partial charge in [0.25, 0.3) is 0 Å². The lowest BCUT2D eigenvalue weighted by Crippen LogP contribution is -1.98. The highest BCUT2D eigenvalue weighted by Crippen LogP contribution is 2.05. The molecule has 106 valence electrons. The molecule has 0 amide bonds. The van der Waals surface area contributed by atoms with Crippen LogP contribution in [0, 0.1) is 0 Å². The van der Waals surface area contributed by atoms with Crippen molar-refractivity contribution in [2.45, 2.75) is 25.7 Å². The van der Waals surface area contributed by atoms with Crippen molar-refractivity contribution in [3.05, 3.63) is 35.9 Å². The Labute approximate surface area is 136 Å². The van der Waals surface area contributed by atoms with Crippen LogP contribution >= 0.6 is 43.5 Å². The summed E-state index contributed by atoms with van der Waals surface area (Å²) in [7, 11) is 0. The zero-order chi connectivity index (χ0) is 14.5. The van der Waals surface area contributed by atoms with E-state index in [0.29, 0.717) is 12.8 Å². The molecule has 2 nitrogen and oxygen atoms in total. The lowest BCUT2D eigenvalue weighted by molar-refractivity contribution is -0.111. The number of halogens is 3. The van der Waals surface area contributed by atoms with Gasteiger partial charge in [-0.15, -0.1) is 0 Å². The van der Waals surface area contributed by atoms with Crippen LogP contribution in [0.2, 0.25) is 0 Å². The van der Waals surface area contributed by atoms with Gasteiger partial charge in [0.1, 0.15) is 0 Å². The fraction of sp³-hybridized carbons (Fsp3) is 0.429. The lowest BCUT2D eigenvalue weighted by Gasteiger charge is -1.97. The van der Waals surface area contributed by atoms with Crippen LogP contribution in [0.5, 0.6) is 0 Å². The van der Waals surface area contributed by atoms with E-state index in [-0.39, 0.29) is 11.0 Å². The third-order valence-corrected chi connectivity index (χ3v) is 3.45. The maximum atomic E-state index is 11.4. The molecule has 0 spiro atoms. The highest BCUT2D eigenvalue weighted by atomic mass is 79.9. The van der Waals surface area contributed by atoms with Crippen LogP contribution in [0.15, 0.2) is 30.3 Å². The van der Waals surface area contributed by atoms with E-state index in [9.17, 15) is 9.59 Å². The van der Waals surface area contributed by atoms with Gasteiger partial charge in [-0.2, -0.15) is 0 Å². The molecule has 1 rings (SSSR count). The van der Waals surface area contributed by atoms with Crippen molar-refractivity contribution in [2.24, 2.45) is 0 Å². The molecule has 5 heteroatoms. The summed E-state index contributed by atoms with van der Waals surface area (Å²) in [5.74, 6) is 0.232. The Balaban J connectivity index is 0.000000399. The number of hydrogen-bond acceptors (Lipinski definition) is 2. The number of hydrogen-bond donors (Lipinski definition) is 0. The summed E-state index contributed by atoms with van der Waals surface area (Å²) in [6, 6.07) is 9.41. The molecule has 19 heavy (non-hydrogen) atoms. The van der Waals surface area contributed by atoms with Crippen molar-refractivity contribution in [3.63, 3.8) is 0 Å². The van der Waals surface area contributed by atoms with E-state index >= 15 is 0 Å². The van der Waals surface area contributed by atoms with Gasteiger partial charge in [0.15, 0.2) is 5.78 Å². The fourth-order valence-electron chi connectivity index (χ4n) is 1.20. The first-order valence-electron chi connectivity index (χ1n) is 6.00. The van der Waals surface area contributed by atoms with Gasteiger partial charge in [0.05, 0.1) is 0 Å². The van der Waals surface area contributed by atoms with Crippen molar-refractivity contribution < 1.29 is 9.59 Å². The van der Waals surface area contributed by atoms with Gasteiger partial charge in [-0.1, -0.05) is 62.2 Å². The largest absolute Gasteiger partial charge is 0.294 e. The summed E-state index contributed by atoms with van der Waals surface area (Å²) >= 11 is 11.5. The molecule has 0 heterocycles. The first-order chi connectivity index (χ1) is 9.11. The van der Waals surface area contributed by atoms with Crippen molar-refractivity contribution in [1.82, 2.24) is 0 Å². The predicted molar refractivity (Wildman–Crippen MR) is 87.7 cm³/mol. The third kappa shape index (κ3) is 11.3. The van der Waals surface area contributed by atoms with Crippen molar-refractivity contribution in [3.8, 4) is 0 Å². The molecule has 0 aliphatic rings. The molecule has 0 atom stereocenters. The second-order valence-electron chi connectivity index (χ2n) is 3.73. The van der Waals surface area contributed by atoms with Gasteiger partial charge in [-0.25, -0.2) is 0 Å². The molecule has 0 fully saturated rings. The van der Waals surface area contributed by atoms with E-state index in [2.05, 4.69) is 31.9 Å². The molecule has 1 aromatic carbocycles. The van der Waals surface area contributed by atoms with Crippen LogP contribution < -0.4 is 0 Å². The Morgan fingerprint density at radius 2 is 1.47 bits per heavy atom. The Morgan fingerprint density at radius 1 is 0.947 bits per heavy atom. The first-order valence-corrected chi connectivity index (χ1v) is 8.62. The van der Waals surface area contributed by atoms with Crippen LogP contribution in [-0.2, 0) is 4.79 Å². The molecule has 0 N–H and O–H groups in total. The molecule has 0 aliphatic heterocycles. The van der Waals surface area contributed by atoms with E-state index in [1.54, 1.807) is 0 Å². The molecular weight excluding hydrogens is 395 g/mol. The van der Waals surface area contributed by atoms with Gasteiger partial charge in [0, 0.05) is 29.1 Å². The average Bonchev–Trinajstić information content (AvgIpc) is 2.44. The maximum Gasteiger partial charge on any atom is 0.221 e. The Kier molecular flexibility index (Phi) is 12.7. The highest BCUT2D eigenvalue weighted by molar-refractivity contribution is 9.09. The quantitative estimate of drug-likeness (QED) is 0.360.